The molecule has 2 aromatic rings. The Bertz CT molecular complexity index is 766. The average Bonchev–Trinajstić information content (AvgIpc) is 2.51. The van der Waals surface area contributed by atoms with Gasteiger partial charge in [-0.2, -0.15) is 0 Å². The lowest BCUT2D eigenvalue weighted by atomic mass is 10.1. The summed E-state index contributed by atoms with van der Waals surface area (Å²) in [6.07, 6.45) is -1.06. The molecule has 0 unspecified atom stereocenters. The van der Waals surface area contributed by atoms with Gasteiger partial charge in [0.25, 0.3) is 6.43 Å². The second-order valence-corrected chi connectivity index (χ2v) is 6.53. The molecule has 1 aliphatic rings. The first-order valence-electron chi connectivity index (χ1n) is 6.55. The summed E-state index contributed by atoms with van der Waals surface area (Å²) in [4.78, 5) is 4.40. The maximum atomic E-state index is 12.9. The number of anilines is 1. The summed E-state index contributed by atoms with van der Waals surface area (Å²) in [7, 11) is 0. The van der Waals surface area contributed by atoms with Crippen molar-refractivity contribution in [3.63, 3.8) is 0 Å². The van der Waals surface area contributed by atoms with Crippen LogP contribution in [0.4, 0.5) is 14.5 Å². The Hall–Kier alpha value is -1.50. The highest BCUT2D eigenvalue weighted by Gasteiger charge is 2.30. The van der Waals surface area contributed by atoms with E-state index in [1.807, 2.05) is 0 Å². The van der Waals surface area contributed by atoms with Crippen LogP contribution in [-0.4, -0.2) is 23.1 Å². The molecule has 1 aromatic carbocycles. The molecule has 0 fully saturated rings. The van der Waals surface area contributed by atoms with Gasteiger partial charge in [0.1, 0.15) is 5.69 Å². The van der Waals surface area contributed by atoms with Crippen molar-refractivity contribution in [2.45, 2.75) is 6.43 Å². The fraction of sp³-hybridized carbons (Fsp3) is 0.133. The predicted octanol–water partition coefficient (Wildman–Crippen LogP) is 5.51. The number of aliphatic hydroxyl groups excluding tert-OH is 1. The molecule has 0 aliphatic carbocycles. The SMILES string of the molecule is OC1=C(c2c(Cl)cccc2Cl)SN(CC(F)F)c2cccnc21. The van der Waals surface area contributed by atoms with Gasteiger partial charge in [0.2, 0.25) is 0 Å². The fourth-order valence-corrected chi connectivity index (χ4v) is 4.08. The molecule has 1 aromatic heterocycles. The molecule has 0 radical (unpaired) electrons. The van der Waals surface area contributed by atoms with Crippen molar-refractivity contribution in [2.75, 3.05) is 10.8 Å². The highest BCUT2D eigenvalue weighted by atomic mass is 35.5. The molecule has 0 amide bonds. The Morgan fingerprint density at radius 3 is 2.52 bits per heavy atom. The Morgan fingerprint density at radius 1 is 1.17 bits per heavy atom. The normalized spacial score (nSPS) is 14.4. The Labute approximate surface area is 145 Å². The molecule has 120 valence electrons. The van der Waals surface area contributed by atoms with Crippen LogP contribution in [0.3, 0.4) is 0 Å². The van der Waals surface area contributed by atoms with Crippen LogP contribution >= 0.6 is 35.1 Å². The summed E-state index contributed by atoms with van der Waals surface area (Å²) in [5.41, 5.74) is 1.04. The molecule has 1 aliphatic heterocycles. The number of halogens is 4. The lowest BCUT2D eigenvalue weighted by Crippen LogP contribution is -2.25. The van der Waals surface area contributed by atoms with Crippen molar-refractivity contribution < 1.29 is 13.9 Å². The van der Waals surface area contributed by atoms with Gasteiger partial charge in [0.15, 0.2) is 5.76 Å². The molecule has 23 heavy (non-hydrogen) atoms. The standard InChI is InChI=1S/C15H10Cl2F2N2OS/c16-8-3-1-4-9(17)12(8)15-14(22)13-10(5-2-6-20-13)21(23-15)7-11(18)19/h1-6,11,22H,7H2. The monoisotopic (exact) mass is 374 g/mol. The van der Waals surface area contributed by atoms with Crippen molar-refractivity contribution in [3.05, 3.63) is 57.8 Å². The molecule has 2 heterocycles. The largest absolute Gasteiger partial charge is 0.504 e. The number of benzene rings is 1. The van der Waals surface area contributed by atoms with Gasteiger partial charge in [0, 0.05) is 11.8 Å². The first kappa shape index (κ1) is 16.4. The number of nitrogens with zero attached hydrogens (tertiary/aromatic N) is 2. The summed E-state index contributed by atoms with van der Waals surface area (Å²) in [6.45, 7) is -0.512. The van der Waals surface area contributed by atoms with Crippen molar-refractivity contribution in [1.29, 1.82) is 0 Å². The second kappa shape index (κ2) is 6.55. The number of pyridine rings is 1. The van der Waals surface area contributed by atoms with Gasteiger partial charge in [-0.05, 0) is 36.2 Å². The second-order valence-electron chi connectivity index (χ2n) is 4.69. The van der Waals surface area contributed by atoms with Crippen LogP contribution in [0.5, 0.6) is 0 Å². The van der Waals surface area contributed by atoms with E-state index in [0.29, 0.717) is 26.2 Å². The Morgan fingerprint density at radius 2 is 1.87 bits per heavy atom. The lowest BCUT2D eigenvalue weighted by molar-refractivity contribution is 0.160. The fourth-order valence-electron chi connectivity index (χ4n) is 2.23. The lowest BCUT2D eigenvalue weighted by Gasteiger charge is -2.30. The Kier molecular flexibility index (Phi) is 4.66. The minimum atomic E-state index is -2.54. The van der Waals surface area contributed by atoms with E-state index >= 15 is 0 Å². The number of rotatable bonds is 3. The highest BCUT2D eigenvalue weighted by Crippen LogP contribution is 2.48. The number of alkyl halides is 2. The van der Waals surface area contributed by atoms with Gasteiger partial charge in [0.05, 0.1) is 27.2 Å². The van der Waals surface area contributed by atoms with Crippen LogP contribution in [-0.2, 0) is 0 Å². The van der Waals surface area contributed by atoms with Crippen molar-refractivity contribution in [3.8, 4) is 0 Å². The molecule has 8 heteroatoms. The minimum absolute atomic E-state index is 0.133. The van der Waals surface area contributed by atoms with Gasteiger partial charge in [-0.3, -0.25) is 4.98 Å². The predicted molar refractivity (Wildman–Crippen MR) is 91.1 cm³/mol. The van der Waals surface area contributed by atoms with Crippen LogP contribution < -0.4 is 4.31 Å². The van der Waals surface area contributed by atoms with Gasteiger partial charge in [-0.15, -0.1) is 0 Å². The molecule has 0 atom stereocenters. The summed E-state index contributed by atoms with van der Waals surface area (Å²) < 4.78 is 27.2. The van der Waals surface area contributed by atoms with Gasteiger partial charge >= 0.3 is 0 Å². The molecular formula is C15H10Cl2F2N2OS. The van der Waals surface area contributed by atoms with E-state index < -0.39 is 13.0 Å². The molecule has 3 rings (SSSR count). The van der Waals surface area contributed by atoms with E-state index in [4.69, 9.17) is 23.2 Å². The van der Waals surface area contributed by atoms with Crippen LogP contribution in [0.25, 0.3) is 10.7 Å². The maximum absolute atomic E-state index is 12.9. The van der Waals surface area contributed by atoms with Gasteiger partial charge < -0.3 is 9.41 Å². The molecule has 0 saturated carbocycles. The number of fused-ring (bicyclic) bond motifs is 1. The van der Waals surface area contributed by atoms with E-state index in [9.17, 15) is 13.9 Å². The first-order valence-corrected chi connectivity index (χ1v) is 8.08. The van der Waals surface area contributed by atoms with Gasteiger partial charge in [-0.25, -0.2) is 8.78 Å². The van der Waals surface area contributed by atoms with Crippen LogP contribution in [0, 0.1) is 0 Å². The third-order valence-corrected chi connectivity index (χ3v) is 4.97. The summed E-state index contributed by atoms with van der Waals surface area (Å²) in [5, 5.41) is 11.2. The van der Waals surface area contributed by atoms with E-state index in [1.165, 1.54) is 10.5 Å². The van der Waals surface area contributed by atoms with E-state index in [0.717, 1.165) is 11.9 Å². The summed E-state index contributed by atoms with van der Waals surface area (Å²) in [5.74, 6) is -0.133. The van der Waals surface area contributed by atoms with Gasteiger partial charge in [-0.1, -0.05) is 29.3 Å². The zero-order valence-corrected chi connectivity index (χ0v) is 13.8. The third kappa shape index (κ3) is 3.11. The molecule has 0 bridgehead atoms. The molecule has 3 nitrogen and oxygen atoms in total. The number of aromatic nitrogens is 1. The van der Waals surface area contributed by atoms with E-state index in [1.54, 1.807) is 30.3 Å². The number of hydrogen-bond donors (Lipinski definition) is 1. The number of aliphatic hydroxyl groups is 1. The first-order chi connectivity index (χ1) is 11.0. The van der Waals surface area contributed by atoms with Crippen LogP contribution in [0.15, 0.2) is 36.5 Å². The average molecular weight is 375 g/mol. The molecular weight excluding hydrogens is 365 g/mol. The molecule has 1 N–H and O–H groups in total. The molecule has 0 spiro atoms. The van der Waals surface area contributed by atoms with E-state index in [-0.39, 0.29) is 11.5 Å². The third-order valence-electron chi connectivity index (χ3n) is 3.19. The van der Waals surface area contributed by atoms with Crippen molar-refractivity contribution >= 4 is 51.5 Å². The number of hydrogen-bond acceptors (Lipinski definition) is 4. The quantitative estimate of drug-likeness (QED) is 0.719. The summed E-state index contributed by atoms with van der Waals surface area (Å²) >= 11 is 13.3. The van der Waals surface area contributed by atoms with E-state index in [2.05, 4.69) is 4.98 Å². The Balaban J connectivity index is 2.18. The molecule has 0 saturated heterocycles. The van der Waals surface area contributed by atoms with Crippen LogP contribution in [0.1, 0.15) is 11.3 Å². The zero-order chi connectivity index (χ0) is 16.6. The topological polar surface area (TPSA) is 36.4 Å². The maximum Gasteiger partial charge on any atom is 0.256 e. The van der Waals surface area contributed by atoms with Crippen molar-refractivity contribution in [1.82, 2.24) is 4.98 Å². The highest BCUT2D eigenvalue weighted by molar-refractivity contribution is 8.09. The smallest absolute Gasteiger partial charge is 0.256 e. The minimum Gasteiger partial charge on any atom is -0.504 e. The van der Waals surface area contributed by atoms with Crippen molar-refractivity contribution in [2.24, 2.45) is 0 Å². The zero-order valence-electron chi connectivity index (χ0n) is 11.5. The van der Waals surface area contributed by atoms with Crippen LogP contribution in [0.2, 0.25) is 10.0 Å². The summed E-state index contributed by atoms with van der Waals surface area (Å²) in [6, 6.07) is 8.16.